The molecule has 3 aromatic rings. The Labute approximate surface area is 169 Å². The summed E-state index contributed by atoms with van der Waals surface area (Å²) in [7, 11) is -4.02. The van der Waals surface area contributed by atoms with Gasteiger partial charge in [-0.05, 0) is 22.8 Å². The fourth-order valence-electron chi connectivity index (χ4n) is 2.78. The largest absolute Gasteiger partial charge is 0.372 e. The maximum atomic E-state index is 12.5. The number of rotatable bonds is 9. The van der Waals surface area contributed by atoms with Crippen LogP contribution in [-0.4, -0.2) is 13.3 Å². The van der Waals surface area contributed by atoms with E-state index in [9.17, 15) is 18.5 Å². The summed E-state index contributed by atoms with van der Waals surface area (Å²) in [5.41, 5.74) is 2.25. The number of nitro benzene ring substituents is 1. The van der Waals surface area contributed by atoms with Crippen LogP contribution in [0.15, 0.2) is 83.8 Å². The molecule has 0 bridgehead atoms. The minimum Gasteiger partial charge on any atom is -0.372 e. The lowest BCUT2D eigenvalue weighted by Gasteiger charge is -2.09. The summed E-state index contributed by atoms with van der Waals surface area (Å²) < 4.78 is 33.1. The first-order chi connectivity index (χ1) is 14.0. The summed E-state index contributed by atoms with van der Waals surface area (Å²) in [5, 5.41) is 11.1. The molecular formula is C21H20N2O5S. The molecule has 150 valence electrons. The monoisotopic (exact) mass is 412 g/mol. The van der Waals surface area contributed by atoms with Gasteiger partial charge in [0.05, 0.1) is 18.1 Å². The smallest absolute Gasteiger partial charge is 0.289 e. The molecule has 0 heterocycles. The van der Waals surface area contributed by atoms with E-state index in [-0.39, 0.29) is 11.4 Å². The van der Waals surface area contributed by atoms with Crippen LogP contribution in [0.3, 0.4) is 0 Å². The number of ether oxygens (including phenoxy) is 1. The van der Waals surface area contributed by atoms with Gasteiger partial charge in [0.15, 0.2) is 4.90 Å². The summed E-state index contributed by atoms with van der Waals surface area (Å²) in [6.07, 6.45) is 0. The first-order valence-corrected chi connectivity index (χ1v) is 10.4. The molecule has 0 fully saturated rings. The maximum Gasteiger partial charge on any atom is 0.289 e. The van der Waals surface area contributed by atoms with Crippen LogP contribution in [0.1, 0.15) is 16.7 Å². The van der Waals surface area contributed by atoms with Crippen molar-refractivity contribution in [2.45, 2.75) is 24.7 Å². The zero-order chi connectivity index (χ0) is 20.7. The lowest BCUT2D eigenvalue weighted by molar-refractivity contribution is -0.387. The zero-order valence-corrected chi connectivity index (χ0v) is 16.3. The molecule has 0 aromatic heterocycles. The second-order valence-electron chi connectivity index (χ2n) is 6.35. The number of hydrogen-bond donors (Lipinski definition) is 1. The van der Waals surface area contributed by atoms with E-state index >= 15 is 0 Å². The summed E-state index contributed by atoms with van der Waals surface area (Å²) in [5.74, 6) is 0. The predicted octanol–water partition coefficient (Wildman–Crippen LogP) is 3.79. The Balaban J connectivity index is 1.62. The highest BCUT2D eigenvalue weighted by Crippen LogP contribution is 2.23. The lowest BCUT2D eigenvalue weighted by atomic mass is 10.1. The quantitative estimate of drug-likeness (QED) is 0.426. The average molecular weight is 412 g/mol. The minimum absolute atomic E-state index is 0.0148. The molecule has 0 radical (unpaired) electrons. The van der Waals surface area contributed by atoms with Crippen LogP contribution >= 0.6 is 0 Å². The van der Waals surface area contributed by atoms with Gasteiger partial charge in [-0.15, -0.1) is 0 Å². The van der Waals surface area contributed by atoms with E-state index in [0.29, 0.717) is 13.2 Å². The van der Waals surface area contributed by atoms with Crippen LogP contribution in [0.25, 0.3) is 0 Å². The summed E-state index contributed by atoms with van der Waals surface area (Å²) in [4.78, 5) is 10.0. The van der Waals surface area contributed by atoms with Gasteiger partial charge >= 0.3 is 0 Å². The van der Waals surface area contributed by atoms with Crippen molar-refractivity contribution in [1.82, 2.24) is 4.72 Å². The molecule has 0 amide bonds. The van der Waals surface area contributed by atoms with E-state index in [1.807, 2.05) is 48.5 Å². The normalized spacial score (nSPS) is 11.3. The van der Waals surface area contributed by atoms with Crippen molar-refractivity contribution >= 4 is 15.7 Å². The van der Waals surface area contributed by atoms with Crippen LogP contribution in [0, 0.1) is 10.1 Å². The van der Waals surface area contributed by atoms with Gasteiger partial charge in [0.25, 0.3) is 5.69 Å². The Hall–Kier alpha value is -3.07. The molecule has 0 aliphatic rings. The third-order valence-corrected chi connectivity index (χ3v) is 5.64. The van der Waals surface area contributed by atoms with Gasteiger partial charge < -0.3 is 4.74 Å². The fourth-order valence-corrected chi connectivity index (χ4v) is 3.97. The predicted molar refractivity (Wildman–Crippen MR) is 108 cm³/mol. The topological polar surface area (TPSA) is 98.5 Å². The highest BCUT2D eigenvalue weighted by molar-refractivity contribution is 7.89. The third-order valence-electron chi connectivity index (χ3n) is 4.19. The Bertz CT molecular complexity index is 1080. The molecule has 0 saturated carbocycles. The van der Waals surface area contributed by atoms with Crippen LogP contribution < -0.4 is 4.72 Å². The van der Waals surface area contributed by atoms with E-state index in [4.69, 9.17) is 4.74 Å². The molecule has 0 aliphatic heterocycles. The minimum atomic E-state index is -4.02. The standard InChI is InChI=1S/C21H20N2O5S/c24-23(25)20-11-4-5-12-21(20)29(26,27)22-14-18-9-6-10-19(13-18)16-28-15-17-7-2-1-3-8-17/h1-13,22H,14-16H2. The second-order valence-corrected chi connectivity index (χ2v) is 8.08. The number of nitrogens with one attached hydrogen (secondary N) is 1. The molecule has 0 atom stereocenters. The Morgan fingerprint density at radius 3 is 2.21 bits per heavy atom. The first kappa shape index (κ1) is 20.7. The van der Waals surface area contributed by atoms with Crippen LogP contribution in [0.5, 0.6) is 0 Å². The lowest BCUT2D eigenvalue weighted by Crippen LogP contribution is -2.24. The van der Waals surface area contributed by atoms with Gasteiger partial charge in [-0.25, -0.2) is 13.1 Å². The number of nitrogens with zero attached hydrogens (tertiary/aromatic N) is 1. The molecule has 3 rings (SSSR count). The molecule has 0 aliphatic carbocycles. The molecule has 1 N–H and O–H groups in total. The Morgan fingerprint density at radius 2 is 1.45 bits per heavy atom. The van der Waals surface area contributed by atoms with E-state index in [1.165, 1.54) is 24.3 Å². The average Bonchev–Trinajstić information content (AvgIpc) is 2.73. The van der Waals surface area contributed by atoms with E-state index in [1.54, 1.807) is 6.07 Å². The highest BCUT2D eigenvalue weighted by atomic mass is 32.2. The van der Waals surface area contributed by atoms with Gasteiger partial charge in [0.1, 0.15) is 0 Å². The Kier molecular flexibility index (Phi) is 6.71. The van der Waals surface area contributed by atoms with Crippen LogP contribution in [0.2, 0.25) is 0 Å². The van der Waals surface area contributed by atoms with Crippen molar-refractivity contribution in [2.75, 3.05) is 0 Å². The zero-order valence-electron chi connectivity index (χ0n) is 15.5. The fraction of sp³-hybridized carbons (Fsp3) is 0.143. The molecule has 0 unspecified atom stereocenters. The molecular weight excluding hydrogens is 392 g/mol. The van der Waals surface area contributed by atoms with Crippen molar-refractivity contribution < 1.29 is 18.1 Å². The maximum absolute atomic E-state index is 12.5. The third kappa shape index (κ3) is 5.71. The molecule has 3 aromatic carbocycles. The number of hydrogen-bond acceptors (Lipinski definition) is 5. The van der Waals surface area contributed by atoms with Gasteiger partial charge in [-0.2, -0.15) is 0 Å². The molecule has 7 nitrogen and oxygen atoms in total. The number of nitro groups is 1. The van der Waals surface area contributed by atoms with Crippen molar-refractivity contribution in [2.24, 2.45) is 0 Å². The Morgan fingerprint density at radius 1 is 0.828 bits per heavy atom. The van der Waals surface area contributed by atoms with Gasteiger partial charge in [-0.1, -0.05) is 66.7 Å². The van der Waals surface area contributed by atoms with E-state index in [2.05, 4.69) is 4.72 Å². The number of benzene rings is 3. The van der Waals surface area contributed by atoms with Crippen molar-refractivity contribution in [3.63, 3.8) is 0 Å². The first-order valence-electron chi connectivity index (χ1n) is 8.88. The van der Waals surface area contributed by atoms with Crippen LogP contribution in [0.4, 0.5) is 5.69 Å². The van der Waals surface area contributed by atoms with E-state index < -0.39 is 20.6 Å². The van der Waals surface area contributed by atoms with Crippen molar-refractivity contribution in [3.05, 3.63) is 106 Å². The van der Waals surface area contributed by atoms with Gasteiger partial charge in [-0.3, -0.25) is 10.1 Å². The van der Waals surface area contributed by atoms with Crippen LogP contribution in [-0.2, 0) is 34.5 Å². The molecule has 0 spiro atoms. The summed E-state index contributed by atoms with van der Waals surface area (Å²) in [6, 6.07) is 22.4. The number of sulfonamides is 1. The van der Waals surface area contributed by atoms with E-state index in [0.717, 1.165) is 16.7 Å². The highest BCUT2D eigenvalue weighted by Gasteiger charge is 2.24. The number of para-hydroxylation sites is 1. The van der Waals surface area contributed by atoms with Gasteiger partial charge in [0.2, 0.25) is 10.0 Å². The van der Waals surface area contributed by atoms with Crippen molar-refractivity contribution in [3.8, 4) is 0 Å². The van der Waals surface area contributed by atoms with Gasteiger partial charge in [0, 0.05) is 12.6 Å². The summed E-state index contributed by atoms with van der Waals surface area (Å²) in [6.45, 7) is 0.885. The SMILES string of the molecule is O=[N+]([O-])c1ccccc1S(=O)(=O)NCc1cccc(COCc2ccccc2)c1. The molecule has 8 heteroatoms. The molecule has 29 heavy (non-hydrogen) atoms. The molecule has 0 saturated heterocycles. The summed E-state index contributed by atoms with van der Waals surface area (Å²) >= 11 is 0. The second kappa shape index (κ2) is 9.42. The van der Waals surface area contributed by atoms with Crippen molar-refractivity contribution in [1.29, 1.82) is 0 Å².